The Bertz CT molecular complexity index is 325. The van der Waals surface area contributed by atoms with Gasteiger partial charge in [-0.2, -0.15) is 0 Å². The van der Waals surface area contributed by atoms with Crippen LogP contribution in [0.4, 0.5) is 0 Å². The average molecular weight is 295 g/mol. The minimum absolute atomic E-state index is 0. The van der Waals surface area contributed by atoms with Crippen LogP contribution in [0.2, 0.25) is 0 Å². The molecule has 1 nitrogen and oxygen atoms in total. The predicted molar refractivity (Wildman–Crippen MR) is 68.0 cm³/mol. The Morgan fingerprint density at radius 3 is 2.38 bits per heavy atom. The monoisotopic (exact) mass is 293 g/mol. The molecule has 1 aromatic carbocycles. The third-order valence-electron chi connectivity index (χ3n) is 3.35. The molecule has 0 fully saturated rings. The van der Waals surface area contributed by atoms with Crippen LogP contribution in [-0.4, -0.2) is 41.5 Å². The number of halogens is 1. The van der Waals surface area contributed by atoms with Crippen LogP contribution in [0.1, 0.15) is 25.0 Å². The second kappa shape index (κ2) is 6.99. The van der Waals surface area contributed by atoms with Gasteiger partial charge in [-0.05, 0) is 38.4 Å². The van der Waals surface area contributed by atoms with Crippen LogP contribution in [0, 0.1) is 7.43 Å². The van der Waals surface area contributed by atoms with Gasteiger partial charge in [0.25, 0.3) is 0 Å². The van der Waals surface area contributed by atoms with Crippen LogP contribution in [0.5, 0.6) is 0 Å². The van der Waals surface area contributed by atoms with Crippen molar-refractivity contribution in [2.45, 2.75) is 25.8 Å². The fourth-order valence-corrected chi connectivity index (χ4v) is 2.11. The molecule has 0 saturated heterocycles. The SMILES string of the molecule is CN1CCc2ccccc2C1(C)C.[Br-].[CH3-].[Mg+2]. The first kappa shape index (κ1) is 18.8. The van der Waals surface area contributed by atoms with E-state index in [1.807, 2.05) is 0 Å². The standard InChI is InChI=1S/C12H17N.CH3.BrH.Mg/c1-12(2)11-7-5-4-6-10(11)8-9-13(12)3;;;/h4-7H,8-9H2,1-3H3;1H3;1H;/q;-1;;+2/p-1. The van der Waals surface area contributed by atoms with Gasteiger partial charge in [0.05, 0.1) is 0 Å². The minimum atomic E-state index is 0. The molecule has 0 bridgehead atoms. The van der Waals surface area contributed by atoms with E-state index in [1.165, 1.54) is 24.1 Å². The molecule has 2 rings (SSSR count). The summed E-state index contributed by atoms with van der Waals surface area (Å²) in [5.74, 6) is 0. The van der Waals surface area contributed by atoms with E-state index in [0.717, 1.165) is 0 Å². The van der Waals surface area contributed by atoms with E-state index in [-0.39, 0.29) is 53.0 Å². The van der Waals surface area contributed by atoms with E-state index < -0.39 is 0 Å². The van der Waals surface area contributed by atoms with Crippen LogP contribution >= 0.6 is 0 Å². The van der Waals surface area contributed by atoms with E-state index in [9.17, 15) is 0 Å². The first-order valence-electron chi connectivity index (χ1n) is 4.92. The quantitative estimate of drug-likeness (QED) is 0.460. The van der Waals surface area contributed by atoms with Gasteiger partial charge in [0, 0.05) is 12.1 Å². The third-order valence-corrected chi connectivity index (χ3v) is 3.35. The second-order valence-corrected chi connectivity index (χ2v) is 4.39. The second-order valence-electron chi connectivity index (χ2n) is 4.39. The summed E-state index contributed by atoms with van der Waals surface area (Å²) in [5.41, 5.74) is 3.21. The zero-order chi connectivity index (χ0) is 9.47. The first-order chi connectivity index (χ1) is 6.12. The molecule has 0 radical (unpaired) electrons. The maximum Gasteiger partial charge on any atom is 2.00 e. The molecule has 0 unspecified atom stereocenters. The Balaban J connectivity index is 0. The molecule has 1 aromatic rings. The van der Waals surface area contributed by atoms with Crippen LogP contribution in [0.15, 0.2) is 24.3 Å². The van der Waals surface area contributed by atoms with Gasteiger partial charge >= 0.3 is 23.1 Å². The molecule has 0 aromatic heterocycles. The molecule has 1 heterocycles. The van der Waals surface area contributed by atoms with Crippen molar-refractivity contribution in [3.8, 4) is 0 Å². The maximum atomic E-state index is 2.43. The molecule has 0 saturated carbocycles. The summed E-state index contributed by atoms with van der Waals surface area (Å²) >= 11 is 0. The van der Waals surface area contributed by atoms with Crippen molar-refractivity contribution in [1.29, 1.82) is 0 Å². The number of rotatable bonds is 0. The third kappa shape index (κ3) is 3.22. The molecule has 86 valence electrons. The fourth-order valence-electron chi connectivity index (χ4n) is 2.11. The molecule has 3 heteroatoms. The van der Waals surface area contributed by atoms with Crippen molar-refractivity contribution in [3.63, 3.8) is 0 Å². The zero-order valence-electron chi connectivity index (χ0n) is 10.8. The maximum absolute atomic E-state index is 2.43. The van der Waals surface area contributed by atoms with Gasteiger partial charge in [-0.25, -0.2) is 0 Å². The Kier molecular flexibility index (Phi) is 8.21. The van der Waals surface area contributed by atoms with Gasteiger partial charge in [0.15, 0.2) is 0 Å². The van der Waals surface area contributed by atoms with Gasteiger partial charge in [0.2, 0.25) is 0 Å². The number of benzene rings is 1. The van der Waals surface area contributed by atoms with Gasteiger partial charge in [-0.3, -0.25) is 4.90 Å². The van der Waals surface area contributed by atoms with E-state index in [0.29, 0.717) is 0 Å². The Morgan fingerprint density at radius 1 is 1.19 bits per heavy atom. The van der Waals surface area contributed by atoms with Crippen molar-refractivity contribution in [3.05, 3.63) is 42.8 Å². The number of likely N-dealkylation sites (N-methyl/N-ethyl adjacent to an activating group) is 1. The number of fused-ring (bicyclic) bond motifs is 1. The van der Waals surface area contributed by atoms with Crippen molar-refractivity contribution in [2.24, 2.45) is 0 Å². The van der Waals surface area contributed by atoms with Crippen molar-refractivity contribution in [2.75, 3.05) is 13.6 Å². The summed E-state index contributed by atoms with van der Waals surface area (Å²) in [6.07, 6.45) is 1.19. The summed E-state index contributed by atoms with van der Waals surface area (Å²) in [5, 5.41) is 0. The van der Waals surface area contributed by atoms with E-state index in [4.69, 9.17) is 0 Å². The average Bonchev–Trinajstić information content (AvgIpc) is 2.13. The zero-order valence-corrected chi connectivity index (χ0v) is 13.8. The summed E-state index contributed by atoms with van der Waals surface area (Å²) in [7, 11) is 2.20. The largest absolute Gasteiger partial charge is 2.00 e. The van der Waals surface area contributed by atoms with E-state index >= 15 is 0 Å². The van der Waals surface area contributed by atoms with Gasteiger partial charge in [0.1, 0.15) is 0 Å². The Hall–Kier alpha value is 0.426. The number of hydrogen-bond acceptors (Lipinski definition) is 1. The summed E-state index contributed by atoms with van der Waals surface area (Å²) in [6.45, 7) is 5.76. The smallest absolute Gasteiger partial charge is 1.00 e. The van der Waals surface area contributed by atoms with Crippen molar-refractivity contribution >= 4 is 23.1 Å². The molecule has 0 amide bonds. The minimum Gasteiger partial charge on any atom is -1.00 e. The molecule has 0 atom stereocenters. The van der Waals surface area contributed by atoms with Gasteiger partial charge < -0.3 is 24.4 Å². The van der Waals surface area contributed by atoms with Crippen LogP contribution in [0.25, 0.3) is 0 Å². The van der Waals surface area contributed by atoms with Gasteiger partial charge in [-0.15, -0.1) is 0 Å². The molecule has 16 heavy (non-hydrogen) atoms. The summed E-state index contributed by atoms with van der Waals surface area (Å²) < 4.78 is 0. The Morgan fingerprint density at radius 2 is 1.75 bits per heavy atom. The molecular weight excluding hydrogens is 274 g/mol. The van der Waals surface area contributed by atoms with Crippen molar-refractivity contribution < 1.29 is 17.0 Å². The number of hydrogen-bond donors (Lipinski definition) is 0. The van der Waals surface area contributed by atoms with Crippen LogP contribution in [0.3, 0.4) is 0 Å². The first-order valence-corrected chi connectivity index (χ1v) is 4.92. The Labute approximate surface area is 127 Å². The normalized spacial score (nSPS) is 17.2. The fraction of sp³-hybridized carbons (Fsp3) is 0.462. The van der Waals surface area contributed by atoms with Gasteiger partial charge in [-0.1, -0.05) is 24.3 Å². The van der Waals surface area contributed by atoms with Crippen molar-refractivity contribution in [1.82, 2.24) is 4.90 Å². The molecule has 1 aliphatic rings. The molecule has 0 N–H and O–H groups in total. The molecular formula is C13H20BrMgN. The van der Waals surface area contributed by atoms with E-state index in [2.05, 4.69) is 50.1 Å². The molecule has 1 aliphatic heterocycles. The summed E-state index contributed by atoms with van der Waals surface area (Å²) in [4.78, 5) is 2.43. The topological polar surface area (TPSA) is 3.24 Å². The molecule has 0 spiro atoms. The summed E-state index contributed by atoms with van der Waals surface area (Å²) in [6, 6.07) is 8.79. The number of nitrogens with zero attached hydrogens (tertiary/aromatic N) is 1. The van der Waals surface area contributed by atoms with E-state index in [1.54, 1.807) is 0 Å². The van der Waals surface area contributed by atoms with Crippen LogP contribution in [-0.2, 0) is 12.0 Å². The predicted octanol–water partition coefficient (Wildman–Crippen LogP) is -0.517. The van der Waals surface area contributed by atoms with Crippen LogP contribution < -0.4 is 17.0 Å². The molecule has 0 aliphatic carbocycles.